The molecule has 2 aromatic rings. The zero-order valence-electron chi connectivity index (χ0n) is 17.8. The van der Waals surface area contributed by atoms with Crippen molar-refractivity contribution in [2.24, 2.45) is 5.92 Å². The number of amides is 2. The van der Waals surface area contributed by atoms with Crippen LogP contribution in [-0.2, 0) is 19.1 Å². The van der Waals surface area contributed by atoms with Gasteiger partial charge in [0.25, 0.3) is 11.6 Å². The first-order chi connectivity index (χ1) is 15.1. The van der Waals surface area contributed by atoms with Gasteiger partial charge in [0.15, 0.2) is 6.61 Å². The second-order valence-corrected chi connectivity index (χ2v) is 8.49. The highest BCUT2D eigenvalue weighted by atomic mass is 79.9. The fraction of sp³-hybridized carbons (Fsp3) is 0.318. The van der Waals surface area contributed by atoms with Crippen LogP contribution >= 0.6 is 15.9 Å². The summed E-state index contributed by atoms with van der Waals surface area (Å²) in [5.41, 5.74) is 3.22. The van der Waals surface area contributed by atoms with Crippen LogP contribution < -0.4 is 10.2 Å². The Hall–Kier alpha value is -3.27. The predicted octanol–water partition coefficient (Wildman–Crippen LogP) is 3.82. The third kappa shape index (κ3) is 4.96. The second kappa shape index (κ2) is 9.47. The van der Waals surface area contributed by atoms with Gasteiger partial charge in [0.05, 0.1) is 16.5 Å². The highest BCUT2D eigenvalue weighted by Crippen LogP contribution is 2.30. The van der Waals surface area contributed by atoms with E-state index < -0.39 is 29.3 Å². The molecule has 10 heteroatoms. The van der Waals surface area contributed by atoms with E-state index in [1.807, 2.05) is 19.9 Å². The molecule has 0 spiro atoms. The Kier molecular flexibility index (Phi) is 6.93. The van der Waals surface area contributed by atoms with Gasteiger partial charge in [-0.2, -0.15) is 0 Å². The summed E-state index contributed by atoms with van der Waals surface area (Å²) in [5, 5.41) is 13.9. The summed E-state index contributed by atoms with van der Waals surface area (Å²) in [6.45, 7) is 4.95. The number of carbonyl (C=O) groups is 3. The van der Waals surface area contributed by atoms with Crippen molar-refractivity contribution in [1.82, 2.24) is 0 Å². The van der Waals surface area contributed by atoms with Gasteiger partial charge in [0, 0.05) is 34.8 Å². The molecule has 1 N–H and O–H groups in total. The third-order valence-corrected chi connectivity index (χ3v) is 6.36. The maximum absolute atomic E-state index is 12.4. The number of aryl methyl sites for hydroxylation is 1. The summed E-state index contributed by atoms with van der Waals surface area (Å²) in [7, 11) is 0. The first kappa shape index (κ1) is 23.4. The molecule has 32 heavy (non-hydrogen) atoms. The van der Waals surface area contributed by atoms with Gasteiger partial charge >= 0.3 is 5.97 Å². The van der Waals surface area contributed by atoms with Crippen LogP contribution in [0.25, 0.3) is 0 Å². The number of esters is 1. The number of nitro benzene ring substituents is 1. The van der Waals surface area contributed by atoms with E-state index in [-0.39, 0.29) is 24.6 Å². The van der Waals surface area contributed by atoms with Gasteiger partial charge in [-0.1, -0.05) is 22.0 Å². The van der Waals surface area contributed by atoms with Gasteiger partial charge in [0.2, 0.25) is 5.91 Å². The number of carbonyl (C=O) groups excluding carboxylic acids is 3. The number of hydrogen-bond donors (Lipinski definition) is 1. The maximum Gasteiger partial charge on any atom is 0.311 e. The van der Waals surface area contributed by atoms with Crippen LogP contribution in [0.1, 0.15) is 23.1 Å². The van der Waals surface area contributed by atoms with Crippen LogP contribution in [0.5, 0.6) is 0 Å². The Morgan fingerprint density at radius 1 is 1.22 bits per heavy atom. The average molecular weight is 504 g/mol. The fourth-order valence-electron chi connectivity index (χ4n) is 3.44. The van der Waals surface area contributed by atoms with Gasteiger partial charge < -0.3 is 15.0 Å². The molecule has 1 aliphatic heterocycles. The minimum Gasteiger partial charge on any atom is -0.455 e. The van der Waals surface area contributed by atoms with Crippen molar-refractivity contribution in [1.29, 1.82) is 0 Å². The summed E-state index contributed by atoms with van der Waals surface area (Å²) < 4.78 is 6.04. The Morgan fingerprint density at radius 3 is 2.62 bits per heavy atom. The van der Waals surface area contributed by atoms with E-state index in [4.69, 9.17) is 4.74 Å². The predicted molar refractivity (Wildman–Crippen MR) is 121 cm³/mol. The first-order valence-electron chi connectivity index (χ1n) is 9.86. The highest BCUT2D eigenvalue weighted by Gasteiger charge is 2.37. The number of nitrogens with one attached hydrogen (secondary N) is 1. The van der Waals surface area contributed by atoms with Crippen molar-refractivity contribution in [3.63, 3.8) is 0 Å². The lowest BCUT2D eigenvalue weighted by atomic mass is 10.1. The summed E-state index contributed by atoms with van der Waals surface area (Å²) in [6, 6.07) is 8.04. The molecular formula is C22H22BrN3O6. The zero-order chi connectivity index (χ0) is 23.6. The lowest BCUT2D eigenvalue weighted by Gasteiger charge is -2.17. The molecule has 1 heterocycles. The lowest BCUT2D eigenvalue weighted by molar-refractivity contribution is -0.385. The molecule has 3 rings (SSSR count). The topological polar surface area (TPSA) is 119 Å². The van der Waals surface area contributed by atoms with E-state index in [0.717, 1.165) is 15.6 Å². The Morgan fingerprint density at radius 2 is 1.94 bits per heavy atom. The molecular weight excluding hydrogens is 482 g/mol. The van der Waals surface area contributed by atoms with Gasteiger partial charge in [-0.15, -0.1) is 0 Å². The van der Waals surface area contributed by atoms with Crippen molar-refractivity contribution in [2.45, 2.75) is 27.2 Å². The minimum atomic E-state index is -0.757. The minimum absolute atomic E-state index is 0.0323. The maximum atomic E-state index is 12.4. The smallest absolute Gasteiger partial charge is 0.311 e. The lowest BCUT2D eigenvalue weighted by Crippen LogP contribution is -2.28. The van der Waals surface area contributed by atoms with E-state index >= 15 is 0 Å². The van der Waals surface area contributed by atoms with Crippen LogP contribution in [0.15, 0.2) is 34.8 Å². The zero-order valence-corrected chi connectivity index (χ0v) is 19.4. The summed E-state index contributed by atoms with van der Waals surface area (Å²) >= 11 is 3.43. The third-order valence-electron chi connectivity index (χ3n) is 5.50. The van der Waals surface area contributed by atoms with Gasteiger partial charge in [-0.05, 0) is 50.1 Å². The van der Waals surface area contributed by atoms with Gasteiger partial charge in [-0.3, -0.25) is 24.5 Å². The molecule has 1 saturated heterocycles. The van der Waals surface area contributed by atoms with Crippen molar-refractivity contribution in [2.75, 3.05) is 23.4 Å². The molecule has 1 aliphatic rings. The number of hydrogen-bond acceptors (Lipinski definition) is 6. The molecule has 168 valence electrons. The van der Waals surface area contributed by atoms with E-state index in [2.05, 4.69) is 21.2 Å². The summed E-state index contributed by atoms with van der Waals surface area (Å²) in [5.74, 6) is -2.25. The monoisotopic (exact) mass is 503 g/mol. The first-order valence-corrected chi connectivity index (χ1v) is 10.7. The summed E-state index contributed by atoms with van der Waals surface area (Å²) in [6.07, 6.45) is -0.0901. The van der Waals surface area contributed by atoms with E-state index in [1.54, 1.807) is 25.1 Å². The van der Waals surface area contributed by atoms with E-state index in [1.165, 1.54) is 11.0 Å². The molecule has 2 aromatic carbocycles. The number of nitrogens with zero attached hydrogens (tertiary/aromatic N) is 2. The van der Waals surface area contributed by atoms with Crippen LogP contribution in [0.3, 0.4) is 0 Å². The quantitative estimate of drug-likeness (QED) is 0.363. The Labute approximate surface area is 193 Å². The van der Waals surface area contributed by atoms with Gasteiger partial charge in [0.1, 0.15) is 0 Å². The fourth-order valence-corrected chi connectivity index (χ4v) is 3.87. The SMILES string of the molecule is Cc1ccc(N2C[C@@H](C(=O)OCC(=O)Nc3ccc(Br)c(C)c3C)CC2=O)cc1[N+](=O)[O-]. The van der Waals surface area contributed by atoms with Crippen LogP contribution in [0.4, 0.5) is 17.1 Å². The van der Waals surface area contributed by atoms with Crippen molar-refractivity contribution in [3.8, 4) is 0 Å². The molecule has 0 bridgehead atoms. The summed E-state index contributed by atoms with van der Waals surface area (Å²) in [4.78, 5) is 49.0. The number of anilines is 2. The van der Waals surface area contributed by atoms with Gasteiger partial charge in [-0.25, -0.2) is 0 Å². The molecule has 1 atom stereocenters. The number of halogens is 1. The number of ether oxygens (including phenoxy) is 1. The normalized spacial score (nSPS) is 15.6. The van der Waals surface area contributed by atoms with Crippen LogP contribution in [-0.4, -0.2) is 35.9 Å². The van der Waals surface area contributed by atoms with E-state index in [9.17, 15) is 24.5 Å². The molecule has 0 aliphatic carbocycles. The van der Waals surface area contributed by atoms with Crippen LogP contribution in [0, 0.1) is 36.8 Å². The molecule has 2 amide bonds. The molecule has 0 saturated carbocycles. The number of rotatable bonds is 6. The largest absolute Gasteiger partial charge is 0.455 e. The van der Waals surface area contributed by atoms with Crippen molar-refractivity contribution < 1.29 is 24.0 Å². The highest BCUT2D eigenvalue weighted by molar-refractivity contribution is 9.10. The molecule has 0 aromatic heterocycles. The Balaban J connectivity index is 1.59. The van der Waals surface area contributed by atoms with E-state index in [0.29, 0.717) is 16.9 Å². The molecule has 9 nitrogen and oxygen atoms in total. The molecule has 1 fully saturated rings. The van der Waals surface area contributed by atoms with Crippen molar-refractivity contribution in [3.05, 3.63) is 61.6 Å². The second-order valence-electron chi connectivity index (χ2n) is 7.63. The molecule has 0 unspecified atom stereocenters. The standard InChI is InChI=1S/C22H22BrN3O6/c1-12-4-5-16(9-19(12)26(30)31)25-10-15(8-21(25)28)22(29)32-11-20(27)24-18-7-6-17(23)13(2)14(18)3/h4-7,9,15H,8,10-11H2,1-3H3,(H,24,27)/t15-/m0/s1. The Bertz CT molecular complexity index is 1120. The molecule has 0 radical (unpaired) electrons. The number of benzene rings is 2. The van der Waals surface area contributed by atoms with Crippen LogP contribution in [0.2, 0.25) is 0 Å². The van der Waals surface area contributed by atoms with Crippen molar-refractivity contribution >= 4 is 50.8 Å². The average Bonchev–Trinajstić information content (AvgIpc) is 3.14. The number of nitro groups is 1.